The van der Waals surface area contributed by atoms with Gasteiger partial charge in [-0.1, -0.05) is 6.07 Å². The van der Waals surface area contributed by atoms with Crippen LogP contribution in [0.4, 0.5) is 0 Å². The van der Waals surface area contributed by atoms with Gasteiger partial charge in [-0.25, -0.2) is 0 Å². The molecule has 1 saturated heterocycles. The number of piperazine rings is 1. The fraction of sp³-hybridized carbons (Fsp3) is 0.333. The highest BCUT2D eigenvalue weighted by molar-refractivity contribution is 5.94. The summed E-state index contributed by atoms with van der Waals surface area (Å²) >= 11 is 0. The first-order valence-corrected chi connectivity index (χ1v) is 9.13. The van der Waals surface area contributed by atoms with Gasteiger partial charge in [-0.15, -0.1) is 0 Å². The predicted molar refractivity (Wildman–Crippen MR) is 99.8 cm³/mol. The van der Waals surface area contributed by atoms with E-state index in [0.717, 1.165) is 31.1 Å². The second-order valence-corrected chi connectivity index (χ2v) is 6.74. The molecule has 0 saturated carbocycles. The molecule has 27 heavy (non-hydrogen) atoms. The molecule has 1 fully saturated rings. The van der Waals surface area contributed by atoms with Gasteiger partial charge in [-0.2, -0.15) is 5.26 Å². The van der Waals surface area contributed by atoms with Crippen LogP contribution < -0.4 is 9.47 Å². The topological polar surface area (TPSA) is 65.8 Å². The molecule has 0 bridgehead atoms. The van der Waals surface area contributed by atoms with E-state index >= 15 is 0 Å². The Morgan fingerprint density at radius 2 is 1.67 bits per heavy atom. The van der Waals surface area contributed by atoms with Crippen LogP contribution in [0.5, 0.6) is 11.5 Å². The van der Waals surface area contributed by atoms with Crippen LogP contribution in [-0.2, 0) is 6.54 Å². The number of carbonyl (C=O) groups is 1. The van der Waals surface area contributed by atoms with Gasteiger partial charge in [0, 0.05) is 38.3 Å². The third-order valence-corrected chi connectivity index (χ3v) is 4.93. The maximum atomic E-state index is 12.6. The number of hydrogen-bond acceptors (Lipinski definition) is 5. The van der Waals surface area contributed by atoms with Crippen LogP contribution in [0, 0.1) is 11.3 Å². The number of fused-ring (bicyclic) bond motifs is 1. The van der Waals surface area contributed by atoms with Crippen LogP contribution in [0.3, 0.4) is 0 Å². The van der Waals surface area contributed by atoms with Crippen molar-refractivity contribution in [3.63, 3.8) is 0 Å². The van der Waals surface area contributed by atoms with Crippen molar-refractivity contribution in [3.05, 3.63) is 59.2 Å². The monoisotopic (exact) mass is 363 g/mol. The third-order valence-electron chi connectivity index (χ3n) is 4.93. The normalized spacial score (nSPS) is 16.6. The molecule has 2 aromatic rings. The Morgan fingerprint density at radius 3 is 2.37 bits per heavy atom. The summed E-state index contributed by atoms with van der Waals surface area (Å²) in [5.74, 6) is 1.65. The van der Waals surface area contributed by atoms with E-state index in [4.69, 9.17) is 14.7 Å². The van der Waals surface area contributed by atoms with Gasteiger partial charge in [-0.05, 0) is 42.0 Å². The van der Waals surface area contributed by atoms with E-state index in [0.29, 0.717) is 37.4 Å². The number of nitrogens with zero attached hydrogens (tertiary/aromatic N) is 3. The van der Waals surface area contributed by atoms with Gasteiger partial charge in [0.05, 0.1) is 11.6 Å². The zero-order chi connectivity index (χ0) is 18.6. The van der Waals surface area contributed by atoms with Crippen LogP contribution in [-0.4, -0.2) is 55.1 Å². The average molecular weight is 363 g/mol. The molecule has 6 heteroatoms. The van der Waals surface area contributed by atoms with E-state index in [1.165, 1.54) is 5.56 Å². The highest BCUT2D eigenvalue weighted by Crippen LogP contribution is 2.31. The first kappa shape index (κ1) is 17.4. The number of nitriles is 1. The van der Waals surface area contributed by atoms with Gasteiger partial charge < -0.3 is 14.4 Å². The van der Waals surface area contributed by atoms with Crippen LogP contribution in [0.15, 0.2) is 42.5 Å². The molecular formula is C21H21N3O3. The second-order valence-electron chi connectivity index (χ2n) is 6.74. The standard InChI is InChI=1S/C21H21N3O3/c22-14-16-1-4-18(5-2-16)21(25)24-9-7-23(8-10-24)15-17-3-6-19-20(13-17)27-12-11-26-19/h1-6,13H,7-12,15H2. The summed E-state index contributed by atoms with van der Waals surface area (Å²) in [6.07, 6.45) is 0. The molecule has 6 nitrogen and oxygen atoms in total. The van der Waals surface area contributed by atoms with Crippen molar-refractivity contribution >= 4 is 5.91 Å². The fourth-order valence-electron chi connectivity index (χ4n) is 3.42. The lowest BCUT2D eigenvalue weighted by Crippen LogP contribution is -2.48. The Labute approximate surface area is 158 Å². The molecular weight excluding hydrogens is 342 g/mol. The number of carbonyl (C=O) groups excluding carboxylic acids is 1. The minimum absolute atomic E-state index is 0.0264. The molecule has 1 amide bonds. The zero-order valence-electron chi connectivity index (χ0n) is 15.1. The molecule has 0 aromatic heterocycles. The van der Waals surface area contributed by atoms with Crippen molar-refractivity contribution in [1.29, 1.82) is 5.26 Å². The molecule has 2 aliphatic rings. The van der Waals surface area contributed by atoms with E-state index in [1.807, 2.05) is 17.0 Å². The lowest BCUT2D eigenvalue weighted by Gasteiger charge is -2.35. The molecule has 2 heterocycles. The van der Waals surface area contributed by atoms with E-state index in [9.17, 15) is 4.79 Å². The summed E-state index contributed by atoms with van der Waals surface area (Å²) in [6.45, 7) is 5.07. The summed E-state index contributed by atoms with van der Waals surface area (Å²) in [7, 11) is 0. The molecule has 0 atom stereocenters. The first-order valence-electron chi connectivity index (χ1n) is 9.13. The molecule has 0 spiro atoms. The Hall–Kier alpha value is -3.04. The minimum atomic E-state index is 0.0264. The molecule has 2 aromatic carbocycles. The maximum absolute atomic E-state index is 12.6. The molecule has 0 N–H and O–H groups in total. The number of hydrogen-bond donors (Lipinski definition) is 0. The van der Waals surface area contributed by atoms with Crippen LogP contribution in [0.25, 0.3) is 0 Å². The van der Waals surface area contributed by atoms with Gasteiger partial charge in [0.25, 0.3) is 5.91 Å². The summed E-state index contributed by atoms with van der Waals surface area (Å²) < 4.78 is 11.2. The number of amides is 1. The molecule has 138 valence electrons. The SMILES string of the molecule is N#Cc1ccc(C(=O)N2CCN(Cc3ccc4c(c3)OCCO4)CC2)cc1. The third kappa shape index (κ3) is 3.88. The van der Waals surface area contributed by atoms with Crippen molar-refractivity contribution < 1.29 is 14.3 Å². The highest BCUT2D eigenvalue weighted by Gasteiger charge is 2.22. The largest absolute Gasteiger partial charge is 0.486 e. The maximum Gasteiger partial charge on any atom is 0.253 e. The summed E-state index contributed by atoms with van der Waals surface area (Å²) in [5.41, 5.74) is 2.39. The summed E-state index contributed by atoms with van der Waals surface area (Å²) in [4.78, 5) is 16.8. The van der Waals surface area contributed by atoms with Gasteiger partial charge in [0.2, 0.25) is 0 Å². The Bertz CT molecular complexity index is 865. The Morgan fingerprint density at radius 1 is 0.963 bits per heavy atom. The average Bonchev–Trinajstić information content (AvgIpc) is 2.74. The number of rotatable bonds is 3. The lowest BCUT2D eigenvalue weighted by atomic mass is 10.1. The van der Waals surface area contributed by atoms with Crippen LogP contribution >= 0.6 is 0 Å². The predicted octanol–water partition coefficient (Wildman–Crippen LogP) is 2.29. The van der Waals surface area contributed by atoms with Gasteiger partial charge in [-0.3, -0.25) is 9.69 Å². The van der Waals surface area contributed by atoms with E-state index in [-0.39, 0.29) is 5.91 Å². The van der Waals surface area contributed by atoms with E-state index in [2.05, 4.69) is 17.0 Å². The summed E-state index contributed by atoms with van der Waals surface area (Å²) in [6, 6.07) is 15.0. The van der Waals surface area contributed by atoms with E-state index < -0.39 is 0 Å². The molecule has 2 aliphatic heterocycles. The summed E-state index contributed by atoms with van der Waals surface area (Å²) in [5, 5.41) is 8.87. The lowest BCUT2D eigenvalue weighted by molar-refractivity contribution is 0.0628. The molecule has 4 rings (SSSR count). The Kier molecular flexibility index (Phi) is 4.95. The fourth-order valence-corrected chi connectivity index (χ4v) is 3.42. The second kappa shape index (κ2) is 7.68. The first-order chi connectivity index (χ1) is 13.2. The quantitative estimate of drug-likeness (QED) is 0.837. The Balaban J connectivity index is 1.33. The molecule has 0 unspecified atom stereocenters. The number of ether oxygens (including phenoxy) is 2. The number of benzene rings is 2. The highest BCUT2D eigenvalue weighted by atomic mass is 16.6. The van der Waals surface area contributed by atoms with Gasteiger partial charge >= 0.3 is 0 Å². The van der Waals surface area contributed by atoms with Gasteiger partial charge in [0.15, 0.2) is 11.5 Å². The van der Waals surface area contributed by atoms with Crippen molar-refractivity contribution in [2.75, 3.05) is 39.4 Å². The van der Waals surface area contributed by atoms with Crippen LogP contribution in [0.2, 0.25) is 0 Å². The molecule has 0 radical (unpaired) electrons. The van der Waals surface area contributed by atoms with Crippen LogP contribution in [0.1, 0.15) is 21.5 Å². The van der Waals surface area contributed by atoms with Crippen molar-refractivity contribution in [1.82, 2.24) is 9.80 Å². The van der Waals surface area contributed by atoms with E-state index in [1.54, 1.807) is 24.3 Å². The van der Waals surface area contributed by atoms with Crippen molar-refractivity contribution in [2.45, 2.75) is 6.54 Å². The smallest absolute Gasteiger partial charge is 0.253 e. The molecule has 0 aliphatic carbocycles. The van der Waals surface area contributed by atoms with Crippen molar-refractivity contribution in [2.24, 2.45) is 0 Å². The van der Waals surface area contributed by atoms with Crippen molar-refractivity contribution in [3.8, 4) is 17.6 Å². The zero-order valence-corrected chi connectivity index (χ0v) is 15.1. The van der Waals surface area contributed by atoms with Gasteiger partial charge in [0.1, 0.15) is 13.2 Å². The minimum Gasteiger partial charge on any atom is -0.486 e.